The van der Waals surface area contributed by atoms with E-state index in [9.17, 15) is 35.9 Å². The van der Waals surface area contributed by atoms with Crippen molar-refractivity contribution in [2.75, 3.05) is 4.90 Å². The van der Waals surface area contributed by atoms with Crippen molar-refractivity contribution in [1.82, 2.24) is 10.6 Å². The zero-order valence-electron chi connectivity index (χ0n) is 18.0. The predicted octanol–water partition coefficient (Wildman–Crippen LogP) is 4.91. The van der Waals surface area contributed by atoms with E-state index in [4.69, 9.17) is 0 Å². The third kappa shape index (κ3) is 4.11. The number of imide groups is 1. The second-order valence-corrected chi connectivity index (χ2v) is 8.94. The number of fused-ring (bicyclic) bond motifs is 1. The van der Waals surface area contributed by atoms with Crippen LogP contribution in [0.5, 0.6) is 0 Å². The van der Waals surface area contributed by atoms with E-state index in [-0.39, 0.29) is 18.0 Å². The number of hydrogen-bond donors (Lipinski definition) is 2. The number of nitrogens with zero attached hydrogens (tertiary/aromatic N) is 2. The van der Waals surface area contributed by atoms with E-state index < -0.39 is 47.7 Å². The average Bonchev–Trinajstić information content (AvgIpc) is 2.77. The summed E-state index contributed by atoms with van der Waals surface area (Å²) in [7, 11) is 0. The molecular weight excluding hydrogens is 466 g/mol. The quantitative estimate of drug-likeness (QED) is 0.589. The van der Waals surface area contributed by atoms with Gasteiger partial charge in [-0.05, 0) is 24.5 Å². The summed E-state index contributed by atoms with van der Waals surface area (Å²) in [4.78, 5) is 30.0. The largest absolute Gasteiger partial charge is 0.421 e. The number of urea groups is 1. The Morgan fingerprint density at radius 3 is 2.18 bits per heavy atom. The first-order valence-corrected chi connectivity index (χ1v) is 11.1. The van der Waals surface area contributed by atoms with E-state index in [0.29, 0.717) is 11.3 Å². The van der Waals surface area contributed by atoms with Gasteiger partial charge < -0.3 is 5.32 Å². The van der Waals surface area contributed by atoms with Gasteiger partial charge in [0.2, 0.25) is 11.4 Å². The predicted molar refractivity (Wildman–Crippen MR) is 111 cm³/mol. The minimum atomic E-state index is -5.90. The van der Waals surface area contributed by atoms with Gasteiger partial charge in [-0.1, -0.05) is 50.3 Å². The van der Waals surface area contributed by atoms with E-state index in [0.717, 1.165) is 32.1 Å². The minimum absolute atomic E-state index is 0.0260. The number of benzene rings is 1. The maximum atomic E-state index is 14.3. The summed E-state index contributed by atoms with van der Waals surface area (Å²) in [6.07, 6.45) is -8.95. The van der Waals surface area contributed by atoms with Crippen molar-refractivity contribution in [1.29, 1.82) is 0 Å². The van der Waals surface area contributed by atoms with Crippen LogP contribution in [0.1, 0.15) is 44.9 Å². The number of anilines is 1. The molecule has 3 aliphatic rings. The number of carbonyl (C=O) groups excluding carboxylic acids is 2. The Labute approximate surface area is 191 Å². The summed E-state index contributed by atoms with van der Waals surface area (Å²) in [5.74, 6) is -4.79. The number of rotatable bonds is 4. The van der Waals surface area contributed by atoms with Gasteiger partial charge in [0.1, 0.15) is 12.1 Å². The molecule has 2 N–H and O–H groups in total. The van der Waals surface area contributed by atoms with Gasteiger partial charge in [-0.2, -0.15) is 26.3 Å². The van der Waals surface area contributed by atoms with Crippen LogP contribution in [0, 0.1) is 11.8 Å². The average molecular weight is 490 g/mol. The number of halogens is 6. The Bertz CT molecular complexity index is 942. The van der Waals surface area contributed by atoms with Gasteiger partial charge in [0.25, 0.3) is 0 Å². The van der Waals surface area contributed by atoms with Gasteiger partial charge in [-0.15, -0.1) is 0 Å². The number of amidine groups is 1. The lowest BCUT2D eigenvalue weighted by atomic mass is 9.76. The van der Waals surface area contributed by atoms with E-state index in [1.807, 2.05) is 0 Å². The molecule has 1 aromatic carbocycles. The van der Waals surface area contributed by atoms with E-state index in [1.165, 1.54) is 24.3 Å². The number of amides is 3. The number of para-hydroxylation sites is 1. The molecule has 2 aliphatic heterocycles. The van der Waals surface area contributed by atoms with Gasteiger partial charge in [0.05, 0.1) is 5.84 Å². The van der Waals surface area contributed by atoms with Crippen LogP contribution in [0.15, 0.2) is 35.3 Å². The summed E-state index contributed by atoms with van der Waals surface area (Å²) in [5.41, 5.74) is -4.58. The van der Waals surface area contributed by atoms with Crippen molar-refractivity contribution in [3.8, 4) is 0 Å². The Kier molecular flexibility index (Phi) is 6.28. The molecule has 1 aromatic rings. The molecule has 0 aromatic heterocycles. The van der Waals surface area contributed by atoms with Crippen molar-refractivity contribution in [2.45, 2.75) is 69.0 Å². The topological polar surface area (TPSA) is 73.8 Å². The summed E-state index contributed by atoms with van der Waals surface area (Å²) in [6, 6.07) is 6.11. The van der Waals surface area contributed by atoms with E-state index in [2.05, 4.69) is 4.99 Å². The van der Waals surface area contributed by atoms with Gasteiger partial charge in [0.15, 0.2) is 0 Å². The van der Waals surface area contributed by atoms with Crippen molar-refractivity contribution in [3.05, 3.63) is 30.3 Å². The molecule has 2 atom stereocenters. The first kappa shape index (κ1) is 24.3. The number of carbonyl (C=O) groups is 2. The number of alkyl halides is 6. The fourth-order valence-electron chi connectivity index (χ4n) is 5.16. The molecule has 0 radical (unpaired) electrons. The highest BCUT2D eigenvalue weighted by atomic mass is 19.4. The number of aliphatic imine (C=N–C) groups is 1. The first-order valence-electron chi connectivity index (χ1n) is 11.1. The molecule has 1 aliphatic carbocycles. The molecule has 0 bridgehead atoms. The molecule has 1 saturated heterocycles. The molecule has 3 amide bonds. The van der Waals surface area contributed by atoms with Gasteiger partial charge in [-0.25, -0.2) is 9.79 Å². The normalized spacial score (nSPS) is 25.8. The smallest absolute Gasteiger partial charge is 0.352 e. The minimum Gasteiger partial charge on any atom is -0.352 e. The van der Waals surface area contributed by atoms with Crippen LogP contribution in [-0.4, -0.2) is 41.8 Å². The molecule has 12 heteroatoms. The summed E-state index contributed by atoms with van der Waals surface area (Å²) < 4.78 is 85.9. The van der Waals surface area contributed by atoms with Gasteiger partial charge in [0, 0.05) is 12.1 Å². The Hall–Kier alpha value is -2.79. The summed E-state index contributed by atoms with van der Waals surface area (Å²) >= 11 is 0. The molecule has 2 heterocycles. The molecule has 6 nitrogen and oxygen atoms in total. The van der Waals surface area contributed by atoms with Crippen LogP contribution in [0.25, 0.3) is 0 Å². The summed E-state index contributed by atoms with van der Waals surface area (Å²) in [6.45, 7) is 0. The summed E-state index contributed by atoms with van der Waals surface area (Å²) in [5, 5.41) is 3.27. The molecule has 2 unspecified atom stereocenters. The maximum absolute atomic E-state index is 14.3. The SMILES string of the molecule is O=C1NC(=O)N(c2ccccc2)C2N=C(CCC3CCCCC3)NC(C(F)(F)F)(C(F)(F)F)C12. The van der Waals surface area contributed by atoms with E-state index in [1.54, 1.807) is 16.7 Å². The number of nitrogens with one attached hydrogen (secondary N) is 2. The van der Waals surface area contributed by atoms with Crippen LogP contribution >= 0.6 is 0 Å². The third-order valence-corrected chi connectivity index (χ3v) is 6.83. The number of hydrogen-bond acceptors (Lipinski definition) is 4. The monoisotopic (exact) mass is 490 g/mol. The van der Waals surface area contributed by atoms with Crippen LogP contribution in [0.4, 0.5) is 36.8 Å². The fourth-order valence-corrected chi connectivity index (χ4v) is 5.16. The Morgan fingerprint density at radius 2 is 1.59 bits per heavy atom. The molecule has 1 saturated carbocycles. The Morgan fingerprint density at radius 1 is 0.971 bits per heavy atom. The third-order valence-electron chi connectivity index (χ3n) is 6.83. The van der Waals surface area contributed by atoms with Crippen molar-refractivity contribution >= 4 is 23.5 Å². The molecule has 34 heavy (non-hydrogen) atoms. The first-order chi connectivity index (χ1) is 16.0. The molecule has 0 spiro atoms. The van der Waals surface area contributed by atoms with Crippen LogP contribution < -0.4 is 15.5 Å². The van der Waals surface area contributed by atoms with Crippen molar-refractivity contribution < 1.29 is 35.9 Å². The second-order valence-electron chi connectivity index (χ2n) is 8.94. The molecule has 186 valence electrons. The standard InChI is InChI=1S/C22H24F6N4O2/c23-21(24,25)20(22(26,27)28)16-17(29-15(31-20)12-11-13-7-3-1-4-8-13)32(19(34)30-18(16)33)14-9-5-2-6-10-14/h2,5-6,9-10,13,16-17H,1,3-4,7-8,11-12H2,(H,29,31)(H,30,33,34). The molecular formula is C22H24F6N4O2. The zero-order chi connectivity index (χ0) is 24.7. The zero-order valence-corrected chi connectivity index (χ0v) is 18.0. The maximum Gasteiger partial charge on any atom is 0.421 e. The van der Waals surface area contributed by atoms with Crippen molar-refractivity contribution in [3.63, 3.8) is 0 Å². The lowest BCUT2D eigenvalue weighted by molar-refractivity contribution is -0.318. The fraction of sp³-hybridized carbons (Fsp3) is 0.591. The van der Waals surface area contributed by atoms with Crippen LogP contribution in [-0.2, 0) is 4.79 Å². The van der Waals surface area contributed by atoms with E-state index >= 15 is 0 Å². The van der Waals surface area contributed by atoms with Gasteiger partial charge >= 0.3 is 18.4 Å². The lowest BCUT2D eigenvalue weighted by Gasteiger charge is -2.51. The lowest BCUT2D eigenvalue weighted by Crippen LogP contribution is -2.81. The van der Waals surface area contributed by atoms with Crippen LogP contribution in [0.2, 0.25) is 0 Å². The Balaban J connectivity index is 1.81. The highest BCUT2D eigenvalue weighted by Crippen LogP contribution is 2.52. The molecule has 2 fully saturated rings. The van der Waals surface area contributed by atoms with Gasteiger partial charge in [-0.3, -0.25) is 15.0 Å². The van der Waals surface area contributed by atoms with Crippen LogP contribution in [0.3, 0.4) is 0 Å². The highest BCUT2D eigenvalue weighted by Gasteiger charge is 2.79. The second kappa shape index (κ2) is 8.77. The molecule has 4 rings (SSSR count). The highest BCUT2D eigenvalue weighted by molar-refractivity contribution is 6.08. The van der Waals surface area contributed by atoms with Crippen molar-refractivity contribution in [2.24, 2.45) is 16.8 Å².